The SMILES string of the molecule is COC1CCCN(Cc2ccccc2-c2nc(-c3ccoc3)cc(=O)[nH]2)C1. The number of benzene rings is 1. The molecule has 1 aliphatic rings. The monoisotopic (exact) mass is 365 g/mol. The minimum Gasteiger partial charge on any atom is -0.472 e. The maximum atomic E-state index is 12.2. The summed E-state index contributed by atoms with van der Waals surface area (Å²) in [5.74, 6) is 0.578. The van der Waals surface area contributed by atoms with E-state index in [-0.39, 0.29) is 11.7 Å². The number of aromatic nitrogens is 2. The number of nitrogens with zero attached hydrogens (tertiary/aromatic N) is 2. The van der Waals surface area contributed by atoms with Gasteiger partial charge in [0.2, 0.25) is 0 Å². The standard InChI is InChI=1S/C21H23N3O3/c1-26-17-6-4-9-24(13-17)12-15-5-2-3-7-18(15)21-22-19(11-20(25)23-21)16-8-10-27-14-16/h2-3,5,7-8,10-11,14,17H,4,6,9,12-13H2,1H3,(H,22,23,25). The molecule has 1 aliphatic heterocycles. The minimum absolute atomic E-state index is 0.177. The topological polar surface area (TPSA) is 71.4 Å². The Balaban J connectivity index is 1.66. The number of nitrogens with one attached hydrogen (secondary N) is 1. The lowest BCUT2D eigenvalue weighted by atomic mass is 10.0. The van der Waals surface area contributed by atoms with Crippen LogP contribution in [-0.2, 0) is 11.3 Å². The van der Waals surface area contributed by atoms with Crippen LogP contribution in [-0.4, -0.2) is 41.2 Å². The molecule has 0 radical (unpaired) electrons. The lowest BCUT2D eigenvalue weighted by molar-refractivity contribution is 0.0286. The van der Waals surface area contributed by atoms with Gasteiger partial charge >= 0.3 is 0 Å². The van der Waals surface area contributed by atoms with E-state index in [0.29, 0.717) is 11.5 Å². The molecule has 0 spiro atoms. The number of methoxy groups -OCH3 is 1. The maximum absolute atomic E-state index is 12.2. The van der Waals surface area contributed by atoms with Crippen molar-refractivity contribution < 1.29 is 9.15 Å². The molecule has 0 amide bonds. The Morgan fingerprint density at radius 2 is 2.22 bits per heavy atom. The smallest absolute Gasteiger partial charge is 0.251 e. The molecule has 0 saturated carbocycles. The van der Waals surface area contributed by atoms with Crippen molar-refractivity contribution in [3.8, 4) is 22.6 Å². The van der Waals surface area contributed by atoms with Gasteiger partial charge in [-0.3, -0.25) is 9.69 Å². The van der Waals surface area contributed by atoms with E-state index < -0.39 is 0 Å². The van der Waals surface area contributed by atoms with Crippen LogP contribution in [0.2, 0.25) is 0 Å². The Bertz CT molecular complexity index is 949. The summed E-state index contributed by atoms with van der Waals surface area (Å²) in [5.41, 5.74) is 3.30. The second-order valence-corrected chi connectivity index (χ2v) is 6.88. The average molecular weight is 365 g/mol. The summed E-state index contributed by atoms with van der Waals surface area (Å²) in [6.45, 7) is 2.77. The van der Waals surface area contributed by atoms with Crippen LogP contribution in [0.25, 0.3) is 22.6 Å². The molecule has 6 heteroatoms. The maximum Gasteiger partial charge on any atom is 0.251 e. The van der Waals surface area contributed by atoms with Crippen LogP contribution in [0.3, 0.4) is 0 Å². The average Bonchev–Trinajstić information content (AvgIpc) is 3.23. The highest BCUT2D eigenvalue weighted by Crippen LogP contribution is 2.25. The molecule has 1 saturated heterocycles. The first-order valence-corrected chi connectivity index (χ1v) is 9.20. The van der Waals surface area contributed by atoms with Crippen molar-refractivity contribution >= 4 is 0 Å². The van der Waals surface area contributed by atoms with Crippen molar-refractivity contribution in [2.24, 2.45) is 0 Å². The molecule has 0 bridgehead atoms. The van der Waals surface area contributed by atoms with Crippen molar-refractivity contribution in [3.63, 3.8) is 0 Å². The van der Waals surface area contributed by atoms with Gasteiger partial charge in [-0.15, -0.1) is 0 Å². The molecule has 0 aliphatic carbocycles. The number of rotatable bonds is 5. The van der Waals surface area contributed by atoms with Crippen molar-refractivity contribution in [2.75, 3.05) is 20.2 Å². The first-order chi connectivity index (χ1) is 13.2. The third-order valence-corrected chi connectivity index (χ3v) is 5.02. The van der Waals surface area contributed by atoms with Gasteiger partial charge in [-0.25, -0.2) is 4.98 Å². The number of ether oxygens (including phenoxy) is 1. The quantitative estimate of drug-likeness (QED) is 0.751. The molecule has 3 heterocycles. The number of hydrogen-bond acceptors (Lipinski definition) is 5. The van der Waals surface area contributed by atoms with E-state index >= 15 is 0 Å². The largest absolute Gasteiger partial charge is 0.472 e. The molecule has 3 aromatic rings. The van der Waals surface area contributed by atoms with Crippen LogP contribution < -0.4 is 5.56 Å². The zero-order chi connectivity index (χ0) is 18.6. The van der Waals surface area contributed by atoms with Gasteiger partial charge in [0.05, 0.1) is 24.3 Å². The summed E-state index contributed by atoms with van der Waals surface area (Å²) in [6, 6.07) is 11.4. The number of furan rings is 1. The molecular formula is C21H23N3O3. The third-order valence-electron chi connectivity index (χ3n) is 5.02. The normalized spacial score (nSPS) is 17.9. The molecule has 1 N–H and O–H groups in total. The molecule has 2 aromatic heterocycles. The first-order valence-electron chi connectivity index (χ1n) is 9.20. The summed E-state index contributed by atoms with van der Waals surface area (Å²) in [6.07, 6.45) is 5.69. The Labute approximate surface area is 157 Å². The van der Waals surface area contributed by atoms with Crippen LogP contribution >= 0.6 is 0 Å². The highest BCUT2D eigenvalue weighted by Gasteiger charge is 2.20. The predicted octanol–water partition coefficient (Wildman–Crippen LogP) is 3.31. The number of hydrogen-bond donors (Lipinski definition) is 1. The van der Waals surface area contributed by atoms with E-state index in [2.05, 4.69) is 20.9 Å². The number of piperidine rings is 1. The molecule has 1 atom stereocenters. The lowest BCUT2D eigenvalue weighted by Crippen LogP contribution is -2.38. The Hall–Kier alpha value is -2.70. The Morgan fingerprint density at radius 1 is 1.33 bits per heavy atom. The van der Waals surface area contributed by atoms with E-state index in [9.17, 15) is 4.79 Å². The summed E-state index contributed by atoms with van der Waals surface area (Å²) in [4.78, 5) is 22.2. The molecule has 140 valence electrons. The van der Waals surface area contributed by atoms with Crippen molar-refractivity contribution in [1.29, 1.82) is 0 Å². The van der Waals surface area contributed by atoms with Gasteiger partial charge in [-0.05, 0) is 31.0 Å². The lowest BCUT2D eigenvalue weighted by Gasteiger charge is -2.32. The zero-order valence-corrected chi connectivity index (χ0v) is 15.4. The number of aromatic amines is 1. The van der Waals surface area contributed by atoms with Crippen molar-refractivity contribution in [3.05, 3.63) is 64.8 Å². The third kappa shape index (κ3) is 4.02. The molecule has 1 fully saturated rings. The van der Waals surface area contributed by atoms with Gasteiger partial charge in [0.15, 0.2) is 0 Å². The second-order valence-electron chi connectivity index (χ2n) is 6.88. The first kappa shape index (κ1) is 17.7. The fourth-order valence-electron chi connectivity index (χ4n) is 3.62. The predicted molar refractivity (Wildman–Crippen MR) is 103 cm³/mol. The highest BCUT2D eigenvalue weighted by molar-refractivity contribution is 5.64. The van der Waals surface area contributed by atoms with E-state index in [0.717, 1.165) is 49.2 Å². The second kappa shape index (κ2) is 7.90. The van der Waals surface area contributed by atoms with Gasteiger partial charge in [0.1, 0.15) is 5.82 Å². The van der Waals surface area contributed by atoms with Crippen LogP contribution in [0.15, 0.2) is 58.1 Å². The Kier molecular flexibility index (Phi) is 5.18. The highest BCUT2D eigenvalue weighted by atomic mass is 16.5. The Morgan fingerprint density at radius 3 is 3.04 bits per heavy atom. The summed E-state index contributed by atoms with van der Waals surface area (Å²) in [7, 11) is 1.78. The van der Waals surface area contributed by atoms with Crippen molar-refractivity contribution in [1.82, 2.24) is 14.9 Å². The van der Waals surface area contributed by atoms with Crippen LogP contribution in [0.4, 0.5) is 0 Å². The van der Waals surface area contributed by atoms with Crippen LogP contribution in [0.1, 0.15) is 18.4 Å². The van der Waals surface area contributed by atoms with Gasteiger partial charge in [-0.2, -0.15) is 0 Å². The molecular weight excluding hydrogens is 342 g/mol. The minimum atomic E-state index is -0.177. The van der Waals surface area contributed by atoms with Crippen LogP contribution in [0.5, 0.6) is 0 Å². The molecule has 1 aromatic carbocycles. The van der Waals surface area contributed by atoms with Gasteiger partial charge in [-0.1, -0.05) is 24.3 Å². The van der Waals surface area contributed by atoms with Gasteiger partial charge < -0.3 is 14.1 Å². The molecule has 1 unspecified atom stereocenters. The van der Waals surface area contributed by atoms with Crippen molar-refractivity contribution in [2.45, 2.75) is 25.5 Å². The molecule has 27 heavy (non-hydrogen) atoms. The fraction of sp³-hybridized carbons (Fsp3) is 0.333. The van der Waals surface area contributed by atoms with Gasteiger partial charge in [0.25, 0.3) is 5.56 Å². The number of H-pyrrole nitrogens is 1. The van der Waals surface area contributed by atoms with E-state index in [1.54, 1.807) is 25.7 Å². The van der Waals surface area contributed by atoms with Crippen LogP contribution in [0, 0.1) is 0 Å². The van der Waals surface area contributed by atoms with E-state index in [1.807, 2.05) is 18.2 Å². The fourth-order valence-corrected chi connectivity index (χ4v) is 3.62. The zero-order valence-electron chi connectivity index (χ0n) is 15.4. The summed E-state index contributed by atoms with van der Waals surface area (Å²) in [5, 5.41) is 0. The summed E-state index contributed by atoms with van der Waals surface area (Å²) < 4.78 is 10.7. The molecule has 4 rings (SSSR count). The van der Waals surface area contributed by atoms with E-state index in [1.165, 1.54) is 6.07 Å². The number of likely N-dealkylation sites (tertiary alicyclic amines) is 1. The molecule has 6 nitrogen and oxygen atoms in total. The summed E-state index contributed by atoms with van der Waals surface area (Å²) >= 11 is 0. The van der Waals surface area contributed by atoms with Gasteiger partial charge in [0, 0.05) is 37.4 Å². The van der Waals surface area contributed by atoms with E-state index in [4.69, 9.17) is 9.15 Å².